The monoisotopic (exact) mass is 238 g/mol. The second-order valence-corrected chi connectivity index (χ2v) is 4.35. The molecule has 92 valence electrons. The molecule has 1 aromatic carbocycles. The number of phenolic OH excluding ortho intramolecular Hbond substituents is 1. The fourth-order valence-electron chi connectivity index (χ4n) is 1.89. The number of aliphatic hydroxyl groups is 1. The number of hydrogen-bond donors (Lipinski definition) is 3. The van der Waals surface area contributed by atoms with Crippen molar-refractivity contribution in [1.82, 2.24) is 0 Å². The van der Waals surface area contributed by atoms with Gasteiger partial charge in [-0.1, -0.05) is 0 Å². The van der Waals surface area contributed by atoms with E-state index in [0.29, 0.717) is 0 Å². The van der Waals surface area contributed by atoms with Crippen molar-refractivity contribution in [2.24, 2.45) is 11.7 Å². The van der Waals surface area contributed by atoms with Gasteiger partial charge < -0.3 is 15.9 Å². The molecule has 1 fully saturated rings. The van der Waals surface area contributed by atoms with Crippen LogP contribution in [-0.4, -0.2) is 21.2 Å². The molecule has 0 amide bonds. The van der Waals surface area contributed by atoms with Crippen LogP contribution in [0.5, 0.6) is 5.75 Å². The van der Waals surface area contributed by atoms with Crippen LogP contribution in [0.15, 0.2) is 18.2 Å². The number of nitrogens with zero attached hydrogens (tertiary/aromatic N) is 1. The first-order chi connectivity index (χ1) is 8.00. The molecule has 1 saturated carbocycles. The molecule has 0 aromatic heterocycles. The van der Waals surface area contributed by atoms with E-state index in [1.54, 1.807) is 0 Å². The number of nitro groups is 1. The average Bonchev–Trinajstić information content (AvgIpc) is 3.10. The fourth-order valence-corrected chi connectivity index (χ4v) is 1.89. The van der Waals surface area contributed by atoms with Crippen molar-refractivity contribution in [1.29, 1.82) is 0 Å². The number of phenols is 1. The molecule has 0 unspecified atom stereocenters. The van der Waals surface area contributed by atoms with Crippen molar-refractivity contribution in [2.75, 3.05) is 0 Å². The summed E-state index contributed by atoms with van der Waals surface area (Å²) < 4.78 is 0. The molecular weight excluding hydrogens is 224 g/mol. The highest BCUT2D eigenvalue weighted by Crippen LogP contribution is 2.39. The fraction of sp³-hybridized carbons (Fsp3) is 0.455. The van der Waals surface area contributed by atoms with Gasteiger partial charge in [0.25, 0.3) is 5.69 Å². The van der Waals surface area contributed by atoms with Gasteiger partial charge in [-0.2, -0.15) is 0 Å². The molecule has 0 radical (unpaired) electrons. The Kier molecular flexibility index (Phi) is 2.99. The molecule has 0 aliphatic heterocycles. The highest BCUT2D eigenvalue weighted by molar-refractivity contribution is 5.47. The topological polar surface area (TPSA) is 110 Å². The Labute approximate surface area is 97.8 Å². The van der Waals surface area contributed by atoms with Crippen molar-refractivity contribution in [3.05, 3.63) is 33.9 Å². The summed E-state index contributed by atoms with van der Waals surface area (Å²) in [7, 11) is 0. The maximum Gasteiger partial charge on any atom is 0.274 e. The Balaban J connectivity index is 2.34. The van der Waals surface area contributed by atoms with Crippen LogP contribution in [0.3, 0.4) is 0 Å². The minimum absolute atomic E-state index is 0.0935. The standard InChI is InChI=1S/C11H14N2O4/c12-10(11(15)6-1-2-6)8-5-7(14)3-4-9(8)13(16)17/h3-6,10-11,14-15H,1-2,12H2/t10-,11+/m1/s1. The number of benzene rings is 1. The predicted molar refractivity (Wildman–Crippen MR) is 60.4 cm³/mol. The van der Waals surface area contributed by atoms with Crippen LogP contribution in [0.1, 0.15) is 24.4 Å². The Morgan fingerprint density at radius 2 is 2.12 bits per heavy atom. The molecule has 2 atom stereocenters. The summed E-state index contributed by atoms with van der Waals surface area (Å²) in [5, 5.41) is 30.1. The minimum Gasteiger partial charge on any atom is -0.508 e. The van der Waals surface area contributed by atoms with Crippen molar-refractivity contribution >= 4 is 5.69 Å². The zero-order chi connectivity index (χ0) is 12.6. The van der Waals surface area contributed by atoms with Gasteiger partial charge in [0.2, 0.25) is 0 Å². The van der Waals surface area contributed by atoms with Gasteiger partial charge in [-0.05, 0) is 30.9 Å². The smallest absolute Gasteiger partial charge is 0.274 e. The zero-order valence-electron chi connectivity index (χ0n) is 9.11. The largest absolute Gasteiger partial charge is 0.508 e. The van der Waals surface area contributed by atoms with Crippen molar-refractivity contribution in [3.8, 4) is 5.75 Å². The van der Waals surface area contributed by atoms with Crippen molar-refractivity contribution < 1.29 is 15.1 Å². The number of hydrogen-bond acceptors (Lipinski definition) is 5. The van der Waals surface area contributed by atoms with E-state index >= 15 is 0 Å². The number of nitro benzene ring substituents is 1. The Bertz CT molecular complexity index is 445. The number of nitrogens with two attached hydrogens (primary N) is 1. The maximum atomic E-state index is 10.8. The van der Waals surface area contributed by atoms with Crippen LogP contribution >= 0.6 is 0 Å². The molecule has 0 spiro atoms. The van der Waals surface area contributed by atoms with Gasteiger partial charge in [-0.25, -0.2) is 0 Å². The molecule has 4 N–H and O–H groups in total. The van der Waals surface area contributed by atoms with Gasteiger partial charge in [0.05, 0.1) is 22.6 Å². The van der Waals surface area contributed by atoms with Crippen LogP contribution < -0.4 is 5.73 Å². The maximum absolute atomic E-state index is 10.8. The van der Waals surface area contributed by atoms with E-state index in [0.717, 1.165) is 12.8 Å². The molecule has 1 aliphatic rings. The van der Waals surface area contributed by atoms with E-state index in [4.69, 9.17) is 5.73 Å². The van der Waals surface area contributed by atoms with E-state index in [1.807, 2.05) is 0 Å². The van der Waals surface area contributed by atoms with Gasteiger partial charge in [-0.15, -0.1) is 0 Å². The van der Waals surface area contributed by atoms with E-state index < -0.39 is 17.1 Å². The summed E-state index contributed by atoms with van der Waals surface area (Å²) in [4.78, 5) is 10.3. The number of aromatic hydroxyl groups is 1. The van der Waals surface area contributed by atoms with Gasteiger partial charge in [0.15, 0.2) is 0 Å². The Hall–Kier alpha value is -1.66. The lowest BCUT2D eigenvalue weighted by molar-refractivity contribution is -0.385. The molecule has 1 aromatic rings. The van der Waals surface area contributed by atoms with Crippen molar-refractivity contribution in [2.45, 2.75) is 25.0 Å². The van der Waals surface area contributed by atoms with E-state index in [9.17, 15) is 20.3 Å². The first kappa shape index (κ1) is 11.8. The molecule has 1 aliphatic carbocycles. The number of aliphatic hydroxyl groups excluding tert-OH is 1. The van der Waals surface area contributed by atoms with Gasteiger partial charge in [0.1, 0.15) is 5.75 Å². The quantitative estimate of drug-likeness (QED) is 0.537. The molecule has 6 heteroatoms. The van der Waals surface area contributed by atoms with Crippen LogP contribution in [0.4, 0.5) is 5.69 Å². The van der Waals surface area contributed by atoms with E-state index in [1.165, 1.54) is 18.2 Å². The molecule has 2 rings (SSSR count). The molecule has 0 heterocycles. The molecule has 0 saturated heterocycles. The third-order valence-electron chi connectivity index (χ3n) is 3.04. The van der Waals surface area contributed by atoms with Crippen LogP contribution in [0, 0.1) is 16.0 Å². The first-order valence-corrected chi connectivity index (χ1v) is 5.41. The first-order valence-electron chi connectivity index (χ1n) is 5.41. The van der Waals surface area contributed by atoms with E-state index in [2.05, 4.69) is 0 Å². The van der Waals surface area contributed by atoms with Crippen molar-refractivity contribution in [3.63, 3.8) is 0 Å². The molecule has 0 bridgehead atoms. The highest BCUT2D eigenvalue weighted by atomic mass is 16.6. The van der Waals surface area contributed by atoms with E-state index in [-0.39, 0.29) is 22.9 Å². The Morgan fingerprint density at radius 3 is 2.65 bits per heavy atom. The summed E-state index contributed by atoms with van der Waals surface area (Å²) in [6, 6.07) is 2.84. The summed E-state index contributed by atoms with van der Waals surface area (Å²) in [6.07, 6.45) is 0.985. The second kappa shape index (κ2) is 4.31. The lowest BCUT2D eigenvalue weighted by Gasteiger charge is -2.18. The Morgan fingerprint density at radius 1 is 1.47 bits per heavy atom. The second-order valence-electron chi connectivity index (χ2n) is 4.35. The summed E-state index contributed by atoms with van der Waals surface area (Å²) in [5.74, 6) is 0.0241. The van der Waals surface area contributed by atoms with Gasteiger partial charge in [0, 0.05) is 6.07 Å². The summed E-state index contributed by atoms with van der Waals surface area (Å²) in [6.45, 7) is 0. The molecule has 6 nitrogen and oxygen atoms in total. The summed E-state index contributed by atoms with van der Waals surface area (Å²) in [5.41, 5.74) is 5.83. The van der Waals surface area contributed by atoms with Gasteiger partial charge >= 0.3 is 0 Å². The molecular formula is C11H14N2O4. The van der Waals surface area contributed by atoms with Crippen LogP contribution in [0.2, 0.25) is 0 Å². The minimum atomic E-state index is -0.838. The lowest BCUT2D eigenvalue weighted by atomic mass is 9.97. The van der Waals surface area contributed by atoms with Crippen LogP contribution in [-0.2, 0) is 0 Å². The summed E-state index contributed by atoms with van der Waals surface area (Å²) >= 11 is 0. The molecule has 17 heavy (non-hydrogen) atoms. The average molecular weight is 238 g/mol. The lowest BCUT2D eigenvalue weighted by Crippen LogP contribution is -2.28. The SMILES string of the molecule is N[C@H](c1cc(O)ccc1[N+](=O)[O-])[C@@H](O)C1CC1. The number of rotatable bonds is 4. The third-order valence-corrected chi connectivity index (χ3v) is 3.04. The highest BCUT2D eigenvalue weighted by Gasteiger charge is 2.36. The van der Waals surface area contributed by atoms with Gasteiger partial charge in [-0.3, -0.25) is 10.1 Å². The normalized spacial score (nSPS) is 18.7. The third kappa shape index (κ3) is 2.37. The predicted octanol–water partition coefficient (Wildman–Crippen LogP) is 1.07. The zero-order valence-corrected chi connectivity index (χ0v) is 9.11. The van der Waals surface area contributed by atoms with Crippen LogP contribution in [0.25, 0.3) is 0 Å².